The fourth-order valence-corrected chi connectivity index (χ4v) is 1.92. The van der Waals surface area contributed by atoms with Gasteiger partial charge in [0.1, 0.15) is 0 Å². The molecule has 2 nitrogen and oxygen atoms in total. The van der Waals surface area contributed by atoms with Gasteiger partial charge in [0.25, 0.3) is 0 Å². The van der Waals surface area contributed by atoms with Gasteiger partial charge in [0.2, 0.25) is 0 Å². The first-order valence-corrected chi connectivity index (χ1v) is 4.05. The first kappa shape index (κ1) is 7.43. The van der Waals surface area contributed by atoms with Gasteiger partial charge in [-0.1, -0.05) is 0 Å². The van der Waals surface area contributed by atoms with Crippen molar-refractivity contribution in [3.05, 3.63) is 0 Å². The van der Waals surface area contributed by atoms with Crippen molar-refractivity contribution >= 4 is 0 Å². The summed E-state index contributed by atoms with van der Waals surface area (Å²) in [4.78, 5) is 1.29. The van der Waals surface area contributed by atoms with Gasteiger partial charge < -0.3 is 5.32 Å². The first-order valence-electron chi connectivity index (χ1n) is 4.05. The van der Waals surface area contributed by atoms with Crippen molar-refractivity contribution in [3.8, 4) is 0 Å². The zero-order valence-electron chi connectivity index (χ0n) is 6.32. The van der Waals surface area contributed by atoms with Crippen LogP contribution in [0, 0.1) is 0 Å². The van der Waals surface area contributed by atoms with Gasteiger partial charge in [0.05, 0.1) is 6.67 Å². The highest BCUT2D eigenvalue weighted by Gasteiger charge is 2.47. The maximum Gasteiger partial charge on any atom is 0.306 e. The van der Waals surface area contributed by atoms with E-state index in [1.54, 1.807) is 0 Å². The molecule has 0 bridgehead atoms. The van der Waals surface area contributed by atoms with Crippen LogP contribution in [-0.4, -0.2) is 30.2 Å². The molecule has 0 aromatic heterocycles. The van der Waals surface area contributed by atoms with Crippen molar-refractivity contribution in [2.75, 3.05) is 13.2 Å². The Labute approximate surface area is 64.6 Å². The van der Waals surface area contributed by atoms with Gasteiger partial charge >= 0.3 is 6.05 Å². The molecule has 4 heteroatoms. The van der Waals surface area contributed by atoms with E-state index in [4.69, 9.17) is 0 Å². The van der Waals surface area contributed by atoms with E-state index in [0.717, 1.165) is 13.0 Å². The van der Waals surface area contributed by atoms with Gasteiger partial charge in [0, 0.05) is 12.5 Å². The van der Waals surface area contributed by atoms with E-state index in [-0.39, 0.29) is 12.5 Å². The van der Waals surface area contributed by atoms with Crippen LogP contribution in [-0.2, 0) is 0 Å². The number of hydrogen-bond donors (Lipinski definition) is 1. The van der Waals surface area contributed by atoms with E-state index in [0.29, 0.717) is 13.1 Å². The van der Waals surface area contributed by atoms with Crippen molar-refractivity contribution in [1.82, 2.24) is 10.2 Å². The molecule has 0 spiro atoms. The number of nitrogens with one attached hydrogen (secondary N) is 1. The Bertz CT molecular complexity index is 161. The van der Waals surface area contributed by atoms with Crippen molar-refractivity contribution in [3.63, 3.8) is 0 Å². The molecule has 2 aliphatic rings. The van der Waals surface area contributed by atoms with Crippen molar-refractivity contribution in [1.29, 1.82) is 0 Å². The molecule has 2 fully saturated rings. The molecule has 1 atom stereocenters. The molecule has 0 radical (unpaired) electrons. The standard InChI is InChI=1S/C7H12F2N2/c8-7(9)3-1-6-2-4-10-5-11(6)7/h6,10H,1-5H2/t6-/m0/s1. The summed E-state index contributed by atoms with van der Waals surface area (Å²) < 4.78 is 25.9. The molecule has 0 aromatic rings. The zero-order valence-corrected chi connectivity index (χ0v) is 6.32. The second kappa shape index (κ2) is 2.38. The SMILES string of the molecule is FC1(F)CC[C@H]2CCNCN21. The van der Waals surface area contributed by atoms with Gasteiger partial charge in [-0.25, -0.2) is 4.90 Å². The van der Waals surface area contributed by atoms with Gasteiger partial charge in [-0.15, -0.1) is 0 Å². The summed E-state index contributed by atoms with van der Waals surface area (Å²) in [6, 6.07) is -2.41. The number of rotatable bonds is 0. The third-order valence-corrected chi connectivity index (χ3v) is 2.58. The quantitative estimate of drug-likeness (QED) is 0.534. The van der Waals surface area contributed by atoms with E-state index < -0.39 is 6.05 Å². The molecule has 2 rings (SSSR count). The molecule has 0 amide bonds. The summed E-state index contributed by atoms with van der Waals surface area (Å²) >= 11 is 0. The summed E-state index contributed by atoms with van der Waals surface area (Å²) in [7, 11) is 0. The predicted molar refractivity (Wildman–Crippen MR) is 37.3 cm³/mol. The minimum atomic E-state index is -2.54. The Morgan fingerprint density at radius 1 is 1.36 bits per heavy atom. The van der Waals surface area contributed by atoms with E-state index in [1.165, 1.54) is 4.90 Å². The highest BCUT2D eigenvalue weighted by atomic mass is 19.3. The molecule has 64 valence electrons. The summed E-state index contributed by atoms with van der Waals surface area (Å²) in [6.07, 6.45) is 1.57. The van der Waals surface area contributed by atoms with E-state index in [2.05, 4.69) is 5.32 Å². The monoisotopic (exact) mass is 162 g/mol. The van der Waals surface area contributed by atoms with E-state index in [1.807, 2.05) is 0 Å². The smallest absolute Gasteiger partial charge is 0.304 e. The van der Waals surface area contributed by atoms with Crippen LogP contribution in [0.25, 0.3) is 0 Å². The normalized spacial score (nSPS) is 37.1. The van der Waals surface area contributed by atoms with Crippen LogP contribution in [0.5, 0.6) is 0 Å². The second-order valence-electron chi connectivity index (χ2n) is 3.27. The zero-order chi connectivity index (χ0) is 7.90. The van der Waals surface area contributed by atoms with Crippen LogP contribution in [0.4, 0.5) is 8.78 Å². The van der Waals surface area contributed by atoms with Gasteiger partial charge in [-0.2, -0.15) is 8.78 Å². The molecule has 11 heavy (non-hydrogen) atoms. The number of nitrogens with zero attached hydrogens (tertiary/aromatic N) is 1. The molecule has 0 aliphatic carbocycles. The number of fused-ring (bicyclic) bond motifs is 1. The number of alkyl halides is 2. The summed E-state index contributed by atoms with van der Waals surface area (Å²) in [5, 5.41) is 2.96. The van der Waals surface area contributed by atoms with E-state index >= 15 is 0 Å². The number of hydrogen-bond acceptors (Lipinski definition) is 2. The summed E-state index contributed by atoms with van der Waals surface area (Å²) in [5.41, 5.74) is 0. The molecular formula is C7H12F2N2. The lowest BCUT2D eigenvalue weighted by Crippen LogP contribution is -2.51. The second-order valence-corrected chi connectivity index (χ2v) is 3.27. The van der Waals surface area contributed by atoms with Crippen LogP contribution >= 0.6 is 0 Å². The first-order chi connectivity index (χ1) is 5.20. The average molecular weight is 162 g/mol. The third kappa shape index (κ3) is 1.14. The minimum absolute atomic E-state index is 0.0410. The Kier molecular flexibility index (Phi) is 1.61. The third-order valence-electron chi connectivity index (χ3n) is 2.58. The fraction of sp³-hybridized carbons (Fsp3) is 1.00. The molecule has 2 saturated heterocycles. The summed E-state index contributed by atoms with van der Waals surface area (Å²) in [6.45, 7) is 1.24. The van der Waals surface area contributed by atoms with E-state index in [9.17, 15) is 8.78 Å². The molecule has 2 heterocycles. The Hall–Kier alpha value is -0.220. The Morgan fingerprint density at radius 2 is 2.18 bits per heavy atom. The number of halogens is 2. The Balaban J connectivity index is 2.10. The topological polar surface area (TPSA) is 15.3 Å². The lowest BCUT2D eigenvalue weighted by atomic mass is 10.1. The Morgan fingerprint density at radius 3 is 2.91 bits per heavy atom. The summed E-state index contributed by atoms with van der Waals surface area (Å²) in [5.74, 6) is 0. The minimum Gasteiger partial charge on any atom is -0.304 e. The predicted octanol–water partition coefficient (Wildman–Crippen LogP) is 0.994. The van der Waals surface area contributed by atoms with Gasteiger partial charge in [-0.05, 0) is 19.4 Å². The van der Waals surface area contributed by atoms with Crippen molar-refractivity contribution < 1.29 is 8.78 Å². The maximum absolute atomic E-state index is 13.0. The molecule has 2 aliphatic heterocycles. The van der Waals surface area contributed by atoms with Crippen LogP contribution in [0.3, 0.4) is 0 Å². The fourth-order valence-electron chi connectivity index (χ4n) is 1.92. The van der Waals surface area contributed by atoms with Crippen LogP contribution in [0.15, 0.2) is 0 Å². The van der Waals surface area contributed by atoms with Crippen LogP contribution in [0.2, 0.25) is 0 Å². The van der Waals surface area contributed by atoms with Crippen molar-refractivity contribution in [2.45, 2.75) is 31.4 Å². The molecule has 1 N–H and O–H groups in total. The van der Waals surface area contributed by atoms with Crippen molar-refractivity contribution in [2.24, 2.45) is 0 Å². The highest BCUT2D eigenvalue weighted by Crippen LogP contribution is 2.37. The average Bonchev–Trinajstić information content (AvgIpc) is 2.29. The van der Waals surface area contributed by atoms with Crippen LogP contribution < -0.4 is 5.32 Å². The van der Waals surface area contributed by atoms with Crippen LogP contribution in [0.1, 0.15) is 19.3 Å². The lowest BCUT2D eigenvalue weighted by Gasteiger charge is -2.33. The lowest BCUT2D eigenvalue weighted by molar-refractivity contribution is -0.140. The van der Waals surface area contributed by atoms with Gasteiger partial charge in [0.15, 0.2) is 0 Å². The molecular weight excluding hydrogens is 150 g/mol. The maximum atomic E-state index is 13.0. The highest BCUT2D eigenvalue weighted by molar-refractivity contribution is 4.89. The van der Waals surface area contributed by atoms with Gasteiger partial charge in [-0.3, -0.25) is 0 Å². The molecule has 0 unspecified atom stereocenters. The largest absolute Gasteiger partial charge is 0.306 e. The molecule has 0 saturated carbocycles. The molecule has 0 aromatic carbocycles.